The van der Waals surface area contributed by atoms with Gasteiger partial charge in [-0.2, -0.15) is 4.37 Å². The highest BCUT2D eigenvalue weighted by molar-refractivity contribution is 7.10. The number of aromatic nitrogens is 1. The minimum Gasteiger partial charge on any atom is -0.481 e. The van der Waals surface area contributed by atoms with Crippen LogP contribution >= 0.6 is 11.5 Å². The van der Waals surface area contributed by atoms with Gasteiger partial charge in [0, 0.05) is 0 Å². The Morgan fingerprint density at radius 2 is 1.63 bits per heavy atom. The number of aryl methyl sites for hydroxylation is 1. The average molecular weight is 533 g/mol. The highest BCUT2D eigenvalue weighted by Gasteiger charge is 2.51. The molecule has 3 aromatic rings. The van der Waals surface area contributed by atoms with Crippen LogP contribution in [0, 0.1) is 6.92 Å². The molecule has 0 spiro atoms. The molecule has 1 unspecified atom stereocenters. The van der Waals surface area contributed by atoms with Crippen molar-refractivity contribution in [1.82, 2.24) is 4.37 Å². The molecule has 1 aliphatic carbocycles. The molecule has 1 aliphatic rings. The summed E-state index contributed by atoms with van der Waals surface area (Å²) in [4.78, 5) is 25.3. The number of amides is 1. The number of carbonyl (C=O) groups is 2. The number of benzene rings is 2. The van der Waals surface area contributed by atoms with Crippen molar-refractivity contribution >= 4 is 29.3 Å². The van der Waals surface area contributed by atoms with E-state index in [1.54, 1.807) is 0 Å². The van der Waals surface area contributed by atoms with Crippen LogP contribution in [-0.2, 0) is 14.9 Å². The van der Waals surface area contributed by atoms with Gasteiger partial charge in [-0.1, -0.05) is 74.4 Å². The smallest absolute Gasteiger partial charge is 0.412 e. The molecule has 1 heterocycles. The first-order valence-electron chi connectivity index (χ1n) is 13.3. The molecule has 1 atom stereocenters. The molecule has 1 fully saturated rings. The third-order valence-electron chi connectivity index (χ3n) is 7.54. The Hall–Kier alpha value is -3.45. The number of allylic oxidation sites excluding steroid dienone is 1. The predicted octanol–water partition coefficient (Wildman–Crippen LogP) is 8.37. The van der Waals surface area contributed by atoms with Gasteiger partial charge in [-0.3, -0.25) is 10.1 Å². The van der Waals surface area contributed by atoms with E-state index in [9.17, 15) is 14.7 Å². The zero-order valence-electron chi connectivity index (χ0n) is 22.8. The quantitative estimate of drug-likeness (QED) is 0.256. The Labute approximate surface area is 228 Å². The Morgan fingerprint density at radius 1 is 1.05 bits per heavy atom. The van der Waals surface area contributed by atoms with E-state index in [1.807, 2.05) is 62.4 Å². The van der Waals surface area contributed by atoms with Crippen molar-refractivity contribution < 1.29 is 19.4 Å². The molecule has 38 heavy (non-hydrogen) atoms. The Morgan fingerprint density at radius 3 is 2.16 bits per heavy atom. The van der Waals surface area contributed by atoms with Gasteiger partial charge in [0.05, 0.1) is 21.7 Å². The number of hydrogen-bond donors (Lipinski definition) is 2. The minimum atomic E-state index is -0.744. The molecule has 6 nitrogen and oxygen atoms in total. The first-order chi connectivity index (χ1) is 18.2. The van der Waals surface area contributed by atoms with E-state index >= 15 is 0 Å². The predicted molar refractivity (Wildman–Crippen MR) is 154 cm³/mol. The number of anilines is 1. The second-order valence-corrected chi connectivity index (χ2v) is 10.9. The number of nitrogens with one attached hydrogen (secondary N) is 1. The maximum Gasteiger partial charge on any atom is 0.412 e. The van der Waals surface area contributed by atoms with Gasteiger partial charge in [-0.05, 0) is 85.8 Å². The lowest BCUT2D eigenvalue weighted by molar-refractivity contribution is -0.140. The number of carbonyl (C=O) groups excluding carboxylic acids is 1. The first-order valence-corrected chi connectivity index (χ1v) is 14.0. The fraction of sp³-hybridized carbons (Fsp3) is 0.387. The van der Waals surface area contributed by atoms with E-state index in [0.717, 1.165) is 52.1 Å². The summed E-state index contributed by atoms with van der Waals surface area (Å²) in [6, 6.07) is 15.9. The SMILES string of the molecule is CCC/C(=C(/C)CC)C(C)OC(=O)Nc1c(C)nsc1-c1ccc(-c2ccc(C3(C(=O)O)CC3)cc2)cc1. The summed E-state index contributed by atoms with van der Waals surface area (Å²) in [5.74, 6) is -0.744. The van der Waals surface area contributed by atoms with Crippen LogP contribution < -0.4 is 5.32 Å². The molecule has 4 rings (SSSR count). The van der Waals surface area contributed by atoms with Crippen LogP contribution in [0.3, 0.4) is 0 Å². The Bertz CT molecular complexity index is 1340. The van der Waals surface area contributed by atoms with E-state index in [1.165, 1.54) is 22.7 Å². The summed E-state index contributed by atoms with van der Waals surface area (Å²) in [7, 11) is 0. The normalized spacial score (nSPS) is 15.4. The summed E-state index contributed by atoms with van der Waals surface area (Å²) < 4.78 is 10.2. The van der Waals surface area contributed by atoms with E-state index in [4.69, 9.17) is 4.74 Å². The second-order valence-electron chi connectivity index (χ2n) is 10.1. The minimum absolute atomic E-state index is 0.291. The zero-order chi connectivity index (χ0) is 27.4. The van der Waals surface area contributed by atoms with Crippen molar-refractivity contribution in [3.05, 3.63) is 70.9 Å². The third kappa shape index (κ3) is 5.68. The maximum absolute atomic E-state index is 12.8. The molecule has 200 valence electrons. The number of carboxylic acids is 1. The topological polar surface area (TPSA) is 88.5 Å². The number of carboxylic acid groups (broad SMARTS) is 1. The molecule has 7 heteroatoms. The number of aliphatic carboxylic acids is 1. The van der Waals surface area contributed by atoms with Gasteiger partial charge in [-0.15, -0.1) is 0 Å². The molecule has 0 radical (unpaired) electrons. The van der Waals surface area contributed by atoms with Gasteiger partial charge < -0.3 is 9.84 Å². The van der Waals surface area contributed by atoms with Gasteiger partial charge in [0.1, 0.15) is 6.10 Å². The summed E-state index contributed by atoms with van der Waals surface area (Å²) in [6.07, 6.45) is 3.47. The molecule has 2 N–H and O–H groups in total. The summed E-state index contributed by atoms with van der Waals surface area (Å²) in [5.41, 5.74) is 7.05. The largest absolute Gasteiger partial charge is 0.481 e. The van der Waals surface area contributed by atoms with Crippen LogP contribution in [-0.4, -0.2) is 27.6 Å². The summed E-state index contributed by atoms with van der Waals surface area (Å²) in [6.45, 7) is 10.2. The van der Waals surface area contributed by atoms with Crippen LogP contribution in [0.4, 0.5) is 10.5 Å². The van der Waals surface area contributed by atoms with E-state index < -0.39 is 17.5 Å². The molecule has 0 aliphatic heterocycles. The second kappa shape index (κ2) is 11.5. The maximum atomic E-state index is 12.8. The standard InChI is InChI=1S/C31H36N2O4S/c1-6-8-26(19(3)7-2)21(5)37-30(36)32-27-20(4)33-38-28(27)24-11-9-22(10-12-24)23-13-15-25(16-14-23)31(17-18-31)29(34)35/h9-16,21H,6-8,17-18H2,1-5H3,(H,32,36)(H,34,35)/b26-19+. The van der Waals surface area contributed by atoms with Gasteiger partial charge >= 0.3 is 12.1 Å². The molecule has 2 aromatic carbocycles. The van der Waals surface area contributed by atoms with Crippen LogP contribution in [0.1, 0.15) is 71.1 Å². The van der Waals surface area contributed by atoms with Gasteiger partial charge in [0.15, 0.2) is 0 Å². The Kier molecular flexibility index (Phi) is 8.36. The van der Waals surface area contributed by atoms with Crippen LogP contribution in [0.2, 0.25) is 0 Å². The van der Waals surface area contributed by atoms with Crippen molar-refractivity contribution in [2.45, 2.75) is 78.2 Å². The molecule has 1 aromatic heterocycles. The van der Waals surface area contributed by atoms with E-state index in [-0.39, 0.29) is 6.10 Å². The molecular weight excluding hydrogens is 496 g/mol. The van der Waals surface area contributed by atoms with Crippen LogP contribution in [0.15, 0.2) is 59.7 Å². The fourth-order valence-electron chi connectivity index (χ4n) is 4.88. The summed E-state index contributed by atoms with van der Waals surface area (Å²) >= 11 is 1.34. The van der Waals surface area contributed by atoms with Crippen LogP contribution in [0.25, 0.3) is 21.6 Å². The first kappa shape index (κ1) is 27.6. The van der Waals surface area contributed by atoms with Gasteiger partial charge in [-0.25, -0.2) is 4.79 Å². The van der Waals surface area contributed by atoms with Gasteiger partial charge in [0.2, 0.25) is 0 Å². The van der Waals surface area contributed by atoms with Crippen molar-refractivity contribution in [2.24, 2.45) is 0 Å². The average Bonchev–Trinajstić information content (AvgIpc) is 3.66. The van der Waals surface area contributed by atoms with E-state index in [2.05, 4.69) is 30.5 Å². The van der Waals surface area contributed by atoms with E-state index in [0.29, 0.717) is 18.5 Å². The van der Waals surface area contributed by atoms with Crippen molar-refractivity contribution in [3.63, 3.8) is 0 Å². The lowest BCUT2D eigenvalue weighted by atomic mass is 9.93. The van der Waals surface area contributed by atoms with Crippen molar-refractivity contribution in [3.8, 4) is 21.6 Å². The Balaban J connectivity index is 1.48. The lowest BCUT2D eigenvalue weighted by Gasteiger charge is -2.20. The summed E-state index contributed by atoms with van der Waals surface area (Å²) in [5, 5.41) is 12.5. The number of ether oxygens (including phenoxy) is 1. The molecule has 1 amide bonds. The highest BCUT2D eigenvalue weighted by atomic mass is 32.1. The van der Waals surface area contributed by atoms with Crippen LogP contribution in [0.5, 0.6) is 0 Å². The third-order valence-corrected chi connectivity index (χ3v) is 8.53. The van der Waals surface area contributed by atoms with Crippen molar-refractivity contribution in [1.29, 1.82) is 0 Å². The number of rotatable bonds is 10. The zero-order valence-corrected chi connectivity index (χ0v) is 23.6. The fourth-order valence-corrected chi connectivity index (χ4v) is 5.74. The number of hydrogen-bond acceptors (Lipinski definition) is 5. The van der Waals surface area contributed by atoms with Crippen molar-refractivity contribution in [2.75, 3.05) is 5.32 Å². The lowest BCUT2D eigenvalue weighted by Crippen LogP contribution is -2.23. The van der Waals surface area contributed by atoms with Gasteiger partial charge in [0.25, 0.3) is 0 Å². The highest BCUT2D eigenvalue weighted by Crippen LogP contribution is 2.48. The monoisotopic (exact) mass is 532 g/mol. The number of nitrogens with zero attached hydrogens (tertiary/aromatic N) is 1. The molecular formula is C31H36N2O4S. The molecule has 0 saturated heterocycles. The molecule has 0 bridgehead atoms. The molecule has 1 saturated carbocycles.